The molecule has 19 heavy (non-hydrogen) atoms. The molecule has 0 aromatic heterocycles. The van der Waals surface area contributed by atoms with Crippen molar-refractivity contribution in [1.82, 2.24) is 5.32 Å². The van der Waals surface area contributed by atoms with E-state index < -0.39 is 5.60 Å². The highest BCUT2D eigenvalue weighted by atomic mass is 16.5. The molecule has 1 aromatic rings. The molecule has 4 nitrogen and oxygen atoms in total. The largest absolute Gasteiger partial charge is 0.496 e. The molecule has 2 unspecified atom stereocenters. The standard InChI is InChI=1S/C15H23NO3/c1-12(16-10-15(17)7-8-19-11-15)9-13-5-3-4-6-14(13)18-2/h3-6,12,16-17H,7-11H2,1-2H3. The first-order valence-corrected chi connectivity index (χ1v) is 6.78. The van der Waals surface area contributed by atoms with Crippen molar-refractivity contribution in [2.24, 2.45) is 0 Å². The lowest BCUT2D eigenvalue weighted by molar-refractivity contribution is 0.0252. The molecule has 0 bridgehead atoms. The van der Waals surface area contributed by atoms with Crippen LogP contribution < -0.4 is 10.1 Å². The number of rotatable bonds is 6. The van der Waals surface area contributed by atoms with E-state index in [1.54, 1.807) is 7.11 Å². The molecule has 0 aliphatic carbocycles. The van der Waals surface area contributed by atoms with E-state index >= 15 is 0 Å². The van der Waals surface area contributed by atoms with Gasteiger partial charge in [0.25, 0.3) is 0 Å². The zero-order valence-electron chi connectivity index (χ0n) is 11.7. The number of hydrogen-bond acceptors (Lipinski definition) is 4. The summed E-state index contributed by atoms with van der Waals surface area (Å²) in [6.45, 7) is 3.77. The summed E-state index contributed by atoms with van der Waals surface area (Å²) >= 11 is 0. The van der Waals surface area contributed by atoms with Gasteiger partial charge in [0, 0.05) is 25.6 Å². The molecule has 2 rings (SSSR count). The van der Waals surface area contributed by atoms with Crippen LogP contribution in [0.5, 0.6) is 5.75 Å². The van der Waals surface area contributed by atoms with Crippen molar-refractivity contribution in [1.29, 1.82) is 0 Å². The first-order chi connectivity index (χ1) is 9.13. The van der Waals surface area contributed by atoms with Gasteiger partial charge in [-0.2, -0.15) is 0 Å². The minimum atomic E-state index is -0.699. The van der Waals surface area contributed by atoms with Crippen LogP contribution in [0.15, 0.2) is 24.3 Å². The Hall–Kier alpha value is -1.10. The van der Waals surface area contributed by atoms with Crippen molar-refractivity contribution >= 4 is 0 Å². The van der Waals surface area contributed by atoms with Gasteiger partial charge in [-0.25, -0.2) is 0 Å². The summed E-state index contributed by atoms with van der Waals surface area (Å²) in [5, 5.41) is 13.6. The summed E-state index contributed by atoms with van der Waals surface area (Å²) in [5.74, 6) is 0.916. The average Bonchev–Trinajstić information content (AvgIpc) is 2.85. The number of methoxy groups -OCH3 is 1. The Morgan fingerprint density at radius 2 is 2.26 bits per heavy atom. The first-order valence-electron chi connectivity index (χ1n) is 6.78. The highest BCUT2D eigenvalue weighted by Crippen LogP contribution is 2.20. The predicted octanol–water partition coefficient (Wildman–Crippen LogP) is 1.37. The third-order valence-electron chi connectivity index (χ3n) is 3.58. The molecule has 1 aromatic carbocycles. The van der Waals surface area contributed by atoms with Crippen LogP contribution in [-0.4, -0.2) is 43.6 Å². The highest BCUT2D eigenvalue weighted by Gasteiger charge is 2.32. The van der Waals surface area contributed by atoms with E-state index in [0.29, 0.717) is 26.2 Å². The lowest BCUT2D eigenvalue weighted by Crippen LogP contribution is -2.44. The third kappa shape index (κ3) is 3.93. The Balaban J connectivity index is 1.85. The summed E-state index contributed by atoms with van der Waals surface area (Å²) < 4.78 is 10.6. The van der Waals surface area contributed by atoms with Gasteiger partial charge in [0.2, 0.25) is 0 Å². The van der Waals surface area contributed by atoms with Crippen molar-refractivity contribution in [2.75, 3.05) is 26.9 Å². The van der Waals surface area contributed by atoms with Crippen molar-refractivity contribution in [3.05, 3.63) is 29.8 Å². The number of ether oxygens (including phenoxy) is 2. The van der Waals surface area contributed by atoms with Crippen molar-refractivity contribution in [3.63, 3.8) is 0 Å². The van der Waals surface area contributed by atoms with Crippen LogP contribution >= 0.6 is 0 Å². The molecule has 1 saturated heterocycles. The molecule has 106 valence electrons. The summed E-state index contributed by atoms with van der Waals surface area (Å²) in [4.78, 5) is 0. The van der Waals surface area contributed by atoms with E-state index in [-0.39, 0.29) is 6.04 Å². The minimum Gasteiger partial charge on any atom is -0.496 e. The molecular weight excluding hydrogens is 242 g/mol. The molecule has 0 saturated carbocycles. The SMILES string of the molecule is COc1ccccc1CC(C)NCC1(O)CCOC1. The van der Waals surface area contributed by atoms with Gasteiger partial charge in [-0.15, -0.1) is 0 Å². The third-order valence-corrected chi connectivity index (χ3v) is 3.58. The number of aliphatic hydroxyl groups is 1. The molecule has 2 atom stereocenters. The fourth-order valence-corrected chi connectivity index (χ4v) is 2.37. The summed E-state index contributed by atoms with van der Waals surface area (Å²) in [5.41, 5.74) is 0.481. The van der Waals surface area contributed by atoms with Crippen LogP contribution in [0, 0.1) is 0 Å². The van der Waals surface area contributed by atoms with Crippen LogP contribution in [0.1, 0.15) is 18.9 Å². The molecule has 0 amide bonds. The van der Waals surface area contributed by atoms with E-state index in [4.69, 9.17) is 9.47 Å². The molecule has 1 aliphatic heterocycles. The van der Waals surface area contributed by atoms with E-state index in [0.717, 1.165) is 12.2 Å². The number of para-hydroxylation sites is 1. The fraction of sp³-hybridized carbons (Fsp3) is 0.600. The Kier molecular flexibility index (Phi) is 4.80. The fourth-order valence-electron chi connectivity index (χ4n) is 2.37. The normalized spacial score (nSPS) is 24.4. The van der Waals surface area contributed by atoms with Gasteiger partial charge >= 0.3 is 0 Å². The first kappa shape index (κ1) is 14.3. The maximum atomic E-state index is 10.2. The smallest absolute Gasteiger partial charge is 0.122 e. The van der Waals surface area contributed by atoms with E-state index in [1.165, 1.54) is 5.56 Å². The molecular formula is C15H23NO3. The van der Waals surface area contributed by atoms with E-state index in [2.05, 4.69) is 18.3 Å². The highest BCUT2D eigenvalue weighted by molar-refractivity contribution is 5.33. The quantitative estimate of drug-likeness (QED) is 0.815. The Labute approximate surface area is 114 Å². The molecule has 1 aliphatic rings. The predicted molar refractivity (Wildman–Crippen MR) is 74.5 cm³/mol. The van der Waals surface area contributed by atoms with Crippen LogP contribution in [0.25, 0.3) is 0 Å². The zero-order valence-corrected chi connectivity index (χ0v) is 11.7. The van der Waals surface area contributed by atoms with E-state index in [9.17, 15) is 5.11 Å². The second-order valence-corrected chi connectivity index (χ2v) is 5.32. The van der Waals surface area contributed by atoms with Gasteiger partial charge in [-0.05, 0) is 25.0 Å². The Bertz CT molecular complexity index is 402. The van der Waals surface area contributed by atoms with E-state index in [1.807, 2.05) is 18.2 Å². The molecule has 1 fully saturated rings. The van der Waals surface area contributed by atoms with Crippen molar-refractivity contribution in [3.8, 4) is 5.75 Å². The summed E-state index contributed by atoms with van der Waals surface area (Å²) in [7, 11) is 1.69. The van der Waals surface area contributed by atoms with Gasteiger partial charge in [-0.1, -0.05) is 18.2 Å². The summed E-state index contributed by atoms with van der Waals surface area (Å²) in [6, 6.07) is 8.31. The molecule has 0 spiro atoms. The average molecular weight is 265 g/mol. The van der Waals surface area contributed by atoms with Crippen LogP contribution in [0.3, 0.4) is 0 Å². The molecule has 1 heterocycles. The lowest BCUT2D eigenvalue weighted by atomic mass is 10.0. The maximum absolute atomic E-state index is 10.2. The van der Waals surface area contributed by atoms with Crippen molar-refractivity contribution < 1.29 is 14.6 Å². The minimum absolute atomic E-state index is 0.279. The van der Waals surface area contributed by atoms with Crippen LogP contribution in [0.4, 0.5) is 0 Å². The Morgan fingerprint density at radius 3 is 2.95 bits per heavy atom. The molecule has 4 heteroatoms. The number of hydrogen-bond donors (Lipinski definition) is 2. The van der Waals surface area contributed by atoms with Gasteiger partial charge in [0.05, 0.1) is 13.7 Å². The number of benzene rings is 1. The topological polar surface area (TPSA) is 50.7 Å². The second kappa shape index (κ2) is 6.37. The van der Waals surface area contributed by atoms with Gasteiger partial charge in [0.1, 0.15) is 11.4 Å². The van der Waals surface area contributed by atoms with Crippen LogP contribution in [-0.2, 0) is 11.2 Å². The molecule has 2 N–H and O–H groups in total. The van der Waals surface area contributed by atoms with Crippen LogP contribution in [0.2, 0.25) is 0 Å². The second-order valence-electron chi connectivity index (χ2n) is 5.32. The lowest BCUT2D eigenvalue weighted by Gasteiger charge is -2.24. The summed E-state index contributed by atoms with van der Waals surface area (Å²) in [6.07, 6.45) is 1.59. The number of nitrogens with one attached hydrogen (secondary N) is 1. The van der Waals surface area contributed by atoms with Gasteiger partial charge < -0.3 is 19.9 Å². The zero-order chi connectivity index (χ0) is 13.7. The van der Waals surface area contributed by atoms with Crippen molar-refractivity contribution in [2.45, 2.75) is 31.4 Å². The Morgan fingerprint density at radius 1 is 1.47 bits per heavy atom. The maximum Gasteiger partial charge on any atom is 0.122 e. The monoisotopic (exact) mass is 265 g/mol. The van der Waals surface area contributed by atoms with Gasteiger partial charge in [0.15, 0.2) is 0 Å². The van der Waals surface area contributed by atoms with Gasteiger partial charge in [-0.3, -0.25) is 0 Å². The molecule has 0 radical (unpaired) electrons.